The fraction of sp³-hybridized carbons (Fsp3) is 0.280. The quantitative estimate of drug-likeness (QED) is 0.559. The average Bonchev–Trinajstić information content (AvgIpc) is 3.26. The number of ether oxygens (including phenoxy) is 1. The first-order chi connectivity index (χ1) is 14.9. The van der Waals surface area contributed by atoms with Crippen LogP contribution in [0.4, 0.5) is 0 Å². The highest BCUT2D eigenvalue weighted by Crippen LogP contribution is 2.37. The third kappa shape index (κ3) is 4.37. The largest absolute Gasteiger partial charge is 0.497 e. The Morgan fingerprint density at radius 2 is 1.68 bits per heavy atom. The van der Waals surface area contributed by atoms with E-state index in [2.05, 4.69) is 17.9 Å². The maximum absolute atomic E-state index is 13.6. The lowest BCUT2D eigenvalue weighted by atomic mass is 10.1. The normalized spacial score (nSPS) is 18.7. The Morgan fingerprint density at radius 1 is 0.968 bits per heavy atom. The van der Waals surface area contributed by atoms with Crippen LogP contribution >= 0.6 is 0 Å². The van der Waals surface area contributed by atoms with Crippen LogP contribution in [0.1, 0.15) is 35.7 Å². The molecule has 0 bridgehead atoms. The van der Waals surface area contributed by atoms with Gasteiger partial charge in [-0.3, -0.25) is 4.90 Å². The number of methoxy groups -OCH3 is 1. The number of benzene rings is 3. The molecule has 1 unspecified atom stereocenters. The molecule has 1 heterocycles. The zero-order valence-corrected chi connectivity index (χ0v) is 18.9. The van der Waals surface area contributed by atoms with E-state index in [1.807, 2.05) is 67.6 Å². The van der Waals surface area contributed by atoms with Gasteiger partial charge in [-0.25, -0.2) is 8.42 Å². The van der Waals surface area contributed by atoms with Gasteiger partial charge in [-0.15, -0.1) is 0 Å². The van der Waals surface area contributed by atoms with Crippen molar-refractivity contribution >= 4 is 10.0 Å². The van der Waals surface area contributed by atoms with Gasteiger partial charge in [-0.2, -0.15) is 4.31 Å². The van der Waals surface area contributed by atoms with Crippen LogP contribution in [0.25, 0.3) is 0 Å². The van der Waals surface area contributed by atoms with Gasteiger partial charge in [0.05, 0.1) is 24.7 Å². The first-order valence-corrected chi connectivity index (χ1v) is 11.9. The molecule has 3 aromatic rings. The summed E-state index contributed by atoms with van der Waals surface area (Å²) in [5.74, 6) is 0.798. The molecular formula is C25H28N2O3S. The number of aryl methyl sites for hydroxylation is 1. The summed E-state index contributed by atoms with van der Waals surface area (Å²) in [4.78, 5) is 2.54. The fourth-order valence-corrected chi connectivity index (χ4v) is 5.65. The van der Waals surface area contributed by atoms with Gasteiger partial charge in [0.1, 0.15) is 5.75 Å². The minimum Gasteiger partial charge on any atom is -0.497 e. The van der Waals surface area contributed by atoms with Crippen molar-refractivity contribution in [1.29, 1.82) is 0 Å². The number of nitrogens with zero attached hydrogens (tertiary/aromatic N) is 2. The van der Waals surface area contributed by atoms with Crippen molar-refractivity contribution in [2.45, 2.75) is 30.8 Å². The smallest absolute Gasteiger partial charge is 0.244 e. The van der Waals surface area contributed by atoms with Gasteiger partial charge in [0, 0.05) is 12.6 Å². The van der Waals surface area contributed by atoms with Crippen LogP contribution in [-0.4, -0.2) is 37.9 Å². The van der Waals surface area contributed by atoms with Crippen LogP contribution in [0.2, 0.25) is 0 Å². The second-order valence-corrected chi connectivity index (χ2v) is 9.89. The van der Waals surface area contributed by atoms with Crippen molar-refractivity contribution in [3.8, 4) is 5.75 Å². The Bertz CT molecular complexity index is 1130. The number of hydrogen-bond donors (Lipinski definition) is 0. The lowest BCUT2D eigenvalue weighted by Gasteiger charge is -2.25. The molecule has 6 heteroatoms. The molecule has 4 rings (SSSR count). The second kappa shape index (κ2) is 8.83. The van der Waals surface area contributed by atoms with Gasteiger partial charge in [0.15, 0.2) is 0 Å². The van der Waals surface area contributed by atoms with E-state index in [4.69, 9.17) is 4.74 Å². The molecule has 1 saturated heterocycles. The lowest BCUT2D eigenvalue weighted by molar-refractivity contribution is 0.239. The Labute approximate surface area is 184 Å². The van der Waals surface area contributed by atoms with Gasteiger partial charge in [0.2, 0.25) is 10.0 Å². The van der Waals surface area contributed by atoms with Gasteiger partial charge in [-0.1, -0.05) is 60.2 Å². The maximum atomic E-state index is 13.6. The van der Waals surface area contributed by atoms with E-state index in [1.165, 1.54) is 0 Å². The van der Waals surface area contributed by atoms with Gasteiger partial charge in [-0.05, 0) is 49.2 Å². The third-order valence-electron chi connectivity index (χ3n) is 6.01. The van der Waals surface area contributed by atoms with Crippen LogP contribution < -0.4 is 4.74 Å². The molecule has 0 N–H and O–H groups in total. The Kier molecular flexibility index (Phi) is 6.14. The predicted molar refractivity (Wildman–Crippen MR) is 122 cm³/mol. The highest BCUT2D eigenvalue weighted by Gasteiger charge is 2.41. The highest BCUT2D eigenvalue weighted by atomic mass is 32.2. The number of sulfonamides is 1. The highest BCUT2D eigenvalue weighted by molar-refractivity contribution is 7.89. The molecule has 0 aromatic heterocycles. The molecule has 0 spiro atoms. The molecular weight excluding hydrogens is 408 g/mol. The van der Waals surface area contributed by atoms with Crippen LogP contribution in [0.15, 0.2) is 83.8 Å². The molecule has 0 aliphatic carbocycles. The summed E-state index contributed by atoms with van der Waals surface area (Å²) >= 11 is 0. The summed E-state index contributed by atoms with van der Waals surface area (Å²) < 4.78 is 34.2. The summed E-state index contributed by atoms with van der Waals surface area (Å²) in [6.45, 7) is 5.01. The van der Waals surface area contributed by atoms with E-state index in [0.29, 0.717) is 18.1 Å². The summed E-state index contributed by atoms with van der Waals surface area (Å²) in [5.41, 5.74) is 3.13. The van der Waals surface area contributed by atoms with Crippen LogP contribution in [0, 0.1) is 6.92 Å². The number of hydrogen-bond acceptors (Lipinski definition) is 4. The van der Waals surface area contributed by atoms with E-state index in [-0.39, 0.29) is 12.1 Å². The summed E-state index contributed by atoms with van der Waals surface area (Å²) in [6, 6.07) is 24.7. The first-order valence-electron chi connectivity index (χ1n) is 10.4. The molecule has 0 radical (unpaired) electrons. The zero-order valence-electron chi connectivity index (χ0n) is 18.1. The van der Waals surface area contributed by atoms with E-state index < -0.39 is 10.0 Å². The third-order valence-corrected chi connectivity index (χ3v) is 7.87. The molecule has 0 saturated carbocycles. The van der Waals surface area contributed by atoms with E-state index >= 15 is 0 Å². The van der Waals surface area contributed by atoms with Crippen molar-refractivity contribution in [3.05, 3.63) is 95.6 Å². The molecule has 1 aliphatic rings. The standard InChI is InChI=1S/C25H28N2O3S/c1-19-12-14-24(15-13-19)31(28,29)27-18-26(17-25(27)21-8-5-4-6-9-21)20(2)22-10-7-11-23(16-22)30-3/h4-16,20,25H,17-18H2,1-3H3/t20-,25?/m1/s1. The number of rotatable bonds is 6. The minimum atomic E-state index is -3.65. The van der Waals surface area contributed by atoms with Gasteiger partial charge < -0.3 is 4.74 Å². The summed E-state index contributed by atoms with van der Waals surface area (Å²) in [5, 5.41) is 0. The molecule has 5 nitrogen and oxygen atoms in total. The van der Waals surface area contributed by atoms with Gasteiger partial charge >= 0.3 is 0 Å². The molecule has 1 fully saturated rings. The zero-order chi connectivity index (χ0) is 22.0. The minimum absolute atomic E-state index is 0.0412. The average molecular weight is 437 g/mol. The SMILES string of the molecule is COc1cccc([C@@H](C)N2CC(c3ccccc3)N(S(=O)(=O)c3ccc(C)cc3)C2)c1. The van der Waals surface area contributed by atoms with E-state index in [0.717, 1.165) is 22.4 Å². The fourth-order valence-electron chi connectivity index (χ4n) is 4.08. The second-order valence-electron chi connectivity index (χ2n) is 8.00. The van der Waals surface area contributed by atoms with E-state index in [1.54, 1.807) is 23.5 Å². The van der Waals surface area contributed by atoms with Crippen molar-refractivity contribution < 1.29 is 13.2 Å². The first kappa shape index (κ1) is 21.6. The van der Waals surface area contributed by atoms with E-state index in [9.17, 15) is 8.42 Å². The molecule has 3 aromatic carbocycles. The molecule has 2 atom stereocenters. The predicted octanol–water partition coefficient (Wildman–Crippen LogP) is 4.77. The molecule has 162 valence electrons. The van der Waals surface area contributed by atoms with Crippen molar-refractivity contribution in [2.75, 3.05) is 20.3 Å². The van der Waals surface area contributed by atoms with Crippen LogP contribution in [-0.2, 0) is 10.0 Å². The van der Waals surface area contributed by atoms with Crippen LogP contribution in [0.3, 0.4) is 0 Å². The van der Waals surface area contributed by atoms with Crippen molar-refractivity contribution in [2.24, 2.45) is 0 Å². The Hall–Kier alpha value is -2.67. The topological polar surface area (TPSA) is 49.9 Å². The monoisotopic (exact) mass is 436 g/mol. The molecule has 31 heavy (non-hydrogen) atoms. The lowest BCUT2D eigenvalue weighted by Crippen LogP contribution is -2.33. The molecule has 1 aliphatic heterocycles. The Balaban J connectivity index is 1.69. The molecule has 0 amide bonds. The maximum Gasteiger partial charge on any atom is 0.244 e. The Morgan fingerprint density at radius 3 is 2.35 bits per heavy atom. The summed E-state index contributed by atoms with van der Waals surface area (Å²) in [7, 11) is -1.99. The van der Waals surface area contributed by atoms with Gasteiger partial charge in [0.25, 0.3) is 0 Å². The van der Waals surface area contributed by atoms with Crippen molar-refractivity contribution in [1.82, 2.24) is 9.21 Å². The summed E-state index contributed by atoms with van der Waals surface area (Å²) in [6.07, 6.45) is 0. The van der Waals surface area contributed by atoms with Crippen LogP contribution in [0.5, 0.6) is 5.75 Å². The van der Waals surface area contributed by atoms with Crippen molar-refractivity contribution in [3.63, 3.8) is 0 Å².